The van der Waals surface area contributed by atoms with Gasteiger partial charge in [-0.05, 0) is 11.1 Å². The second-order valence-corrected chi connectivity index (χ2v) is 4.26. The van der Waals surface area contributed by atoms with E-state index in [4.69, 9.17) is 4.74 Å². The minimum absolute atomic E-state index is 0.0959. The summed E-state index contributed by atoms with van der Waals surface area (Å²) in [6, 6.07) is 8.13. The third-order valence-electron chi connectivity index (χ3n) is 2.71. The maximum Gasteiger partial charge on any atom is 0.246 e. The second-order valence-electron chi connectivity index (χ2n) is 4.26. The molecule has 1 heterocycles. The van der Waals surface area contributed by atoms with Crippen LogP contribution < -0.4 is 5.32 Å². The van der Waals surface area contributed by atoms with Crippen molar-refractivity contribution in [2.75, 3.05) is 13.7 Å². The molecule has 0 aliphatic carbocycles. The van der Waals surface area contributed by atoms with Gasteiger partial charge in [0.25, 0.3) is 0 Å². The summed E-state index contributed by atoms with van der Waals surface area (Å²) in [6.07, 6.45) is 5.48. The summed E-state index contributed by atoms with van der Waals surface area (Å²) in [5.74, 6) is -0.106. The molecule has 0 unspecified atom stereocenters. The number of nitrogens with one attached hydrogen (secondary N) is 1. The van der Waals surface area contributed by atoms with E-state index >= 15 is 0 Å². The summed E-state index contributed by atoms with van der Waals surface area (Å²) in [4.78, 5) is 15.3. The van der Waals surface area contributed by atoms with Gasteiger partial charge in [-0.25, -0.2) is 4.98 Å². The summed E-state index contributed by atoms with van der Waals surface area (Å²) >= 11 is 0. The molecule has 2 aromatic rings. The molecule has 0 radical (unpaired) electrons. The van der Waals surface area contributed by atoms with E-state index in [-0.39, 0.29) is 12.5 Å². The van der Waals surface area contributed by atoms with Gasteiger partial charge in [0, 0.05) is 32.6 Å². The number of rotatable bonds is 6. The number of aromatic nitrogens is 2. The van der Waals surface area contributed by atoms with Gasteiger partial charge in [0.2, 0.25) is 5.91 Å². The van der Waals surface area contributed by atoms with Gasteiger partial charge in [0.1, 0.15) is 6.61 Å². The Hall–Kier alpha value is -2.14. The van der Waals surface area contributed by atoms with E-state index in [1.165, 1.54) is 12.7 Å². The molecular weight excluding hydrogens is 242 g/mol. The fraction of sp³-hybridized carbons (Fsp3) is 0.286. The van der Waals surface area contributed by atoms with Crippen molar-refractivity contribution in [3.63, 3.8) is 0 Å². The molecule has 100 valence electrons. The Morgan fingerprint density at radius 3 is 2.68 bits per heavy atom. The molecule has 0 spiro atoms. The van der Waals surface area contributed by atoms with Crippen molar-refractivity contribution < 1.29 is 9.53 Å². The summed E-state index contributed by atoms with van der Waals surface area (Å²) in [5.41, 5.74) is 2.27. The van der Waals surface area contributed by atoms with Crippen molar-refractivity contribution in [3.05, 3.63) is 54.1 Å². The first-order valence-electron chi connectivity index (χ1n) is 6.07. The quantitative estimate of drug-likeness (QED) is 0.848. The maximum atomic E-state index is 11.2. The number of ether oxygens (including phenoxy) is 1. The number of carbonyl (C=O) groups excluding carboxylic acids is 1. The Morgan fingerprint density at radius 2 is 2.05 bits per heavy atom. The van der Waals surface area contributed by atoms with Crippen LogP contribution in [0.1, 0.15) is 11.1 Å². The summed E-state index contributed by atoms with van der Waals surface area (Å²) in [5, 5.41) is 2.79. The van der Waals surface area contributed by atoms with E-state index in [2.05, 4.69) is 22.4 Å². The van der Waals surface area contributed by atoms with Crippen molar-refractivity contribution in [1.82, 2.24) is 14.9 Å². The van der Waals surface area contributed by atoms with Crippen LogP contribution in [0.5, 0.6) is 0 Å². The zero-order chi connectivity index (χ0) is 13.5. The minimum Gasteiger partial charge on any atom is -0.375 e. The maximum absolute atomic E-state index is 11.2. The lowest BCUT2D eigenvalue weighted by atomic mass is 10.1. The third-order valence-corrected chi connectivity index (χ3v) is 2.71. The average Bonchev–Trinajstić information content (AvgIpc) is 2.91. The van der Waals surface area contributed by atoms with Crippen molar-refractivity contribution in [1.29, 1.82) is 0 Å². The first-order chi connectivity index (χ1) is 9.28. The van der Waals surface area contributed by atoms with Gasteiger partial charge >= 0.3 is 0 Å². The van der Waals surface area contributed by atoms with Gasteiger partial charge in [-0.15, -0.1) is 0 Å². The number of methoxy groups -OCH3 is 1. The molecule has 19 heavy (non-hydrogen) atoms. The Morgan fingerprint density at radius 1 is 1.32 bits per heavy atom. The Labute approximate surface area is 112 Å². The number of benzene rings is 1. The average molecular weight is 259 g/mol. The number of imidazole rings is 1. The lowest BCUT2D eigenvalue weighted by Gasteiger charge is -2.06. The van der Waals surface area contributed by atoms with Gasteiger partial charge in [-0.3, -0.25) is 4.79 Å². The molecular formula is C14H17N3O2. The minimum atomic E-state index is -0.106. The van der Waals surface area contributed by atoms with Crippen LogP contribution in [0.4, 0.5) is 0 Å². The van der Waals surface area contributed by atoms with E-state index in [1.54, 1.807) is 12.5 Å². The van der Waals surface area contributed by atoms with E-state index in [1.807, 2.05) is 22.9 Å². The van der Waals surface area contributed by atoms with Crippen LogP contribution in [0.25, 0.3) is 0 Å². The Bertz CT molecular complexity index is 506. The van der Waals surface area contributed by atoms with E-state index in [9.17, 15) is 4.79 Å². The molecule has 1 amide bonds. The standard InChI is InChI=1S/C14H17N3O2/c1-19-10-14(18)16-8-12-2-4-13(5-3-12)9-17-7-6-15-11-17/h2-7,11H,8-10H2,1H3,(H,16,18). The highest BCUT2D eigenvalue weighted by Gasteiger charge is 2.00. The van der Waals surface area contributed by atoms with Crippen LogP contribution in [0.2, 0.25) is 0 Å². The van der Waals surface area contributed by atoms with Gasteiger partial charge in [-0.2, -0.15) is 0 Å². The molecule has 5 heteroatoms. The van der Waals surface area contributed by atoms with Crippen molar-refractivity contribution >= 4 is 5.91 Å². The van der Waals surface area contributed by atoms with Gasteiger partial charge in [-0.1, -0.05) is 24.3 Å². The summed E-state index contributed by atoms with van der Waals surface area (Å²) in [7, 11) is 1.50. The highest BCUT2D eigenvalue weighted by molar-refractivity contribution is 5.77. The second kappa shape index (κ2) is 6.70. The lowest BCUT2D eigenvalue weighted by molar-refractivity contribution is -0.124. The molecule has 0 saturated heterocycles. The molecule has 0 aliphatic rings. The molecule has 1 aromatic carbocycles. The predicted molar refractivity (Wildman–Crippen MR) is 71.5 cm³/mol. The first kappa shape index (κ1) is 13.3. The molecule has 0 fully saturated rings. The molecule has 0 bridgehead atoms. The van der Waals surface area contributed by atoms with Gasteiger partial charge < -0.3 is 14.6 Å². The van der Waals surface area contributed by atoms with Crippen LogP contribution in [-0.2, 0) is 22.6 Å². The number of nitrogens with zero attached hydrogens (tertiary/aromatic N) is 2. The molecule has 0 aliphatic heterocycles. The number of hydrogen-bond acceptors (Lipinski definition) is 3. The van der Waals surface area contributed by atoms with Crippen LogP contribution in [0, 0.1) is 0 Å². The molecule has 5 nitrogen and oxygen atoms in total. The monoisotopic (exact) mass is 259 g/mol. The third kappa shape index (κ3) is 4.22. The summed E-state index contributed by atoms with van der Waals surface area (Å²) in [6.45, 7) is 1.42. The Balaban J connectivity index is 1.86. The molecule has 0 atom stereocenters. The highest BCUT2D eigenvalue weighted by Crippen LogP contribution is 2.06. The van der Waals surface area contributed by atoms with Gasteiger partial charge in [0.15, 0.2) is 0 Å². The van der Waals surface area contributed by atoms with Crippen molar-refractivity contribution in [2.24, 2.45) is 0 Å². The largest absolute Gasteiger partial charge is 0.375 e. The fourth-order valence-corrected chi connectivity index (χ4v) is 1.74. The Kier molecular flexibility index (Phi) is 4.69. The van der Waals surface area contributed by atoms with E-state index < -0.39 is 0 Å². The van der Waals surface area contributed by atoms with Crippen molar-refractivity contribution in [3.8, 4) is 0 Å². The van der Waals surface area contributed by atoms with Crippen LogP contribution >= 0.6 is 0 Å². The predicted octanol–water partition coefficient (Wildman–Crippen LogP) is 1.19. The SMILES string of the molecule is COCC(=O)NCc1ccc(Cn2ccnc2)cc1. The molecule has 2 rings (SSSR count). The molecule has 1 aromatic heterocycles. The molecule has 0 saturated carbocycles. The number of hydrogen-bond donors (Lipinski definition) is 1. The van der Waals surface area contributed by atoms with Gasteiger partial charge in [0.05, 0.1) is 6.33 Å². The van der Waals surface area contributed by atoms with Crippen molar-refractivity contribution in [2.45, 2.75) is 13.1 Å². The molecule has 1 N–H and O–H groups in total. The normalized spacial score (nSPS) is 10.4. The fourth-order valence-electron chi connectivity index (χ4n) is 1.74. The number of amides is 1. The number of carbonyl (C=O) groups is 1. The van der Waals surface area contributed by atoms with E-state index in [0.717, 1.165) is 12.1 Å². The zero-order valence-corrected chi connectivity index (χ0v) is 10.9. The van der Waals surface area contributed by atoms with E-state index in [0.29, 0.717) is 6.54 Å². The highest BCUT2D eigenvalue weighted by atomic mass is 16.5. The smallest absolute Gasteiger partial charge is 0.246 e. The zero-order valence-electron chi connectivity index (χ0n) is 10.9. The van der Waals surface area contributed by atoms with Crippen LogP contribution in [-0.4, -0.2) is 29.2 Å². The van der Waals surface area contributed by atoms with Crippen LogP contribution in [0.15, 0.2) is 43.0 Å². The first-order valence-corrected chi connectivity index (χ1v) is 6.07. The summed E-state index contributed by atoms with van der Waals surface area (Å²) < 4.78 is 6.76. The van der Waals surface area contributed by atoms with Crippen LogP contribution in [0.3, 0.4) is 0 Å². The topological polar surface area (TPSA) is 56.1 Å². The lowest BCUT2D eigenvalue weighted by Crippen LogP contribution is -2.26.